The van der Waals surface area contributed by atoms with Crippen molar-refractivity contribution in [1.29, 1.82) is 0 Å². The smallest absolute Gasteiger partial charge is 0.422 e. The molecule has 2 rings (SSSR count). The largest absolute Gasteiger partial charge is 0.483 e. The lowest BCUT2D eigenvalue weighted by atomic mass is 10.2. The van der Waals surface area contributed by atoms with E-state index in [1.807, 2.05) is 0 Å². The first-order valence-electron chi connectivity index (χ1n) is 6.42. The van der Waals surface area contributed by atoms with E-state index in [0.29, 0.717) is 5.69 Å². The van der Waals surface area contributed by atoms with Crippen molar-refractivity contribution in [3.05, 3.63) is 59.9 Å². The van der Waals surface area contributed by atoms with Crippen LogP contribution in [-0.4, -0.2) is 23.7 Å². The number of pyridine rings is 1. The van der Waals surface area contributed by atoms with Crippen LogP contribution in [0.15, 0.2) is 48.7 Å². The van der Waals surface area contributed by atoms with Crippen LogP contribution in [0.5, 0.6) is 5.75 Å². The molecule has 0 atom stereocenters. The number of nitrogens with zero attached hydrogens (tertiary/aromatic N) is 1. The lowest BCUT2D eigenvalue weighted by Crippen LogP contribution is -2.25. The Hall–Kier alpha value is -2.57. The number of halogens is 3. The van der Waals surface area contributed by atoms with Crippen molar-refractivity contribution in [2.45, 2.75) is 12.7 Å². The number of para-hydroxylation sites is 1. The molecule has 1 heterocycles. The number of aromatic nitrogens is 1. The lowest BCUT2D eigenvalue weighted by Gasteiger charge is -2.13. The maximum atomic E-state index is 12.2. The number of hydrogen-bond acceptors (Lipinski definition) is 3. The van der Waals surface area contributed by atoms with Gasteiger partial charge in [-0.15, -0.1) is 0 Å². The summed E-state index contributed by atoms with van der Waals surface area (Å²) in [5.74, 6) is -0.637. The molecule has 22 heavy (non-hydrogen) atoms. The van der Waals surface area contributed by atoms with Crippen molar-refractivity contribution in [1.82, 2.24) is 10.3 Å². The normalized spacial score (nSPS) is 11.0. The van der Waals surface area contributed by atoms with Gasteiger partial charge in [0.15, 0.2) is 6.61 Å². The number of hydrogen-bond donors (Lipinski definition) is 1. The summed E-state index contributed by atoms with van der Waals surface area (Å²) < 4.78 is 41.3. The van der Waals surface area contributed by atoms with E-state index in [1.165, 1.54) is 18.2 Å². The molecule has 0 unspecified atom stereocenters. The number of amides is 1. The maximum Gasteiger partial charge on any atom is 0.422 e. The molecule has 4 nitrogen and oxygen atoms in total. The summed E-state index contributed by atoms with van der Waals surface area (Å²) >= 11 is 0. The SMILES string of the molecule is O=C(NCc1ccccn1)c1ccccc1OCC(F)(F)F. The minimum atomic E-state index is -4.46. The average molecular weight is 310 g/mol. The topological polar surface area (TPSA) is 51.2 Å². The maximum absolute atomic E-state index is 12.2. The Morgan fingerprint density at radius 3 is 2.55 bits per heavy atom. The first-order valence-corrected chi connectivity index (χ1v) is 6.42. The molecule has 0 aliphatic rings. The number of rotatable bonds is 5. The Morgan fingerprint density at radius 1 is 1.14 bits per heavy atom. The summed E-state index contributed by atoms with van der Waals surface area (Å²) in [6.07, 6.45) is -2.88. The molecule has 2 aromatic rings. The van der Waals surface area contributed by atoms with E-state index in [4.69, 9.17) is 0 Å². The van der Waals surface area contributed by atoms with Crippen molar-refractivity contribution in [3.8, 4) is 5.75 Å². The Kier molecular flexibility index (Phi) is 4.98. The highest BCUT2D eigenvalue weighted by Crippen LogP contribution is 2.22. The van der Waals surface area contributed by atoms with Crippen LogP contribution >= 0.6 is 0 Å². The van der Waals surface area contributed by atoms with Crippen molar-refractivity contribution in [2.75, 3.05) is 6.61 Å². The second kappa shape index (κ2) is 6.93. The number of benzene rings is 1. The fraction of sp³-hybridized carbons (Fsp3) is 0.200. The Bertz CT molecular complexity index is 630. The number of ether oxygens (including phenoxy) is 1. The van der Waals surface area contributed by atoms with Gasteiger partial charge >= 0.3 is 6.18 Å². The van der Waals surface area contributed by atoms with Gasteiger partial charge in [0.25, 0.3) is 5.91 Å². The standard InChI is InChI=1S/C15H13F3N2O2/c16-15(17,18)10-22-13-7-2-1-6-12(13)14(21)20-9-11-5-3-4-8-19-11/h1-8H,9-10H2,(H,20,21). The lowest BCUT2D eigenvalue weighted by molar-refractivity contribution is -0.153. The van der Waals surface area contributed by atoms with E-state index in [2.05, 4.69) is 15.0 Å². The van der Waals surface area contributed by atoms with Crippen LogP contribution in [0.1, 0.15) is 16.1 Å². The van der Waals surface area contributed by atoms with Crippen LogP contribution in [0.3, 0.4) is 0 Å². The highest BCUT2D eigenvalue weighted by atomic mass is 19.4. The predicted octanol–water partition coefficient (Wildman–Crippen LogP) is 2.95. The first kappa shape index (κ1) is 15.8. The fourth-order valence-electron chi connectivity index (χ4n) is 1.71. The molecule has 1 amide bonds. The Morgan fingerprint density at radius 2 is 1.86 bits per heavy atom. The van der Waals surface area contributed by atoms with Crippen LogP contribution in [0.2, 0.25) is 0 Å². The summed E-state index contributed by atoms with van der Waals surface area (Å²) in [5.41, 5.74) is 0.687. The highest BCUT2D eigenvalue weighted by Gasteiger charge is 2.29. The van der Waals surface area contributed by atoms with Crippen molar-refractivity contribution in [2.24, 2.45) is 0 Å². The second-order valence-electron chi connectivity index (χ2n) is 4.40. The molecule has 0 bridgehead atoms. The van der Waals surface area contributed by atoms with Gasteiger partial charge in [0, 0.05) is 6.20 Å². The van der Waals surface area contributed by atoms with E-state index in [1.54, 1.807) is 30.5 Å². The average Bonchev–Trinajstić information content (AvgIpc) is 2.51. The summed E-state index contributed by atoms with van der Waals surface area (Å²) in [5, 5.41) is 2.59. The summed E-state index contributed by atoms with van der Waals surface area (Å²) in [6.45, 7) is -1.27. The second-order valence-corrected chi connectivity index (χ2v) is 4.40. The van der Waals surface area contributed by atoms with Gasteiger partial charge < -0.3 is 10.1 Å². The Labute approximate surface area is 124 Å². The van der Waals surface area contributed by atoms with E-state index in [9.17, 15) is 18.0 Å². The van der Waals surface area contributed by atoms with Crippen molar-refractivity contribution >= 4 is 5.91 Å². The van der Waals surface area contributed by atoms with Crippen molar-refractivity contribution < 1.29 is 22.7 Å². The minimum absolute atomic E-state index is 0.0441. The fourth-order valence-corrected chi connectivity index (χ4v) is 1.71. The van der Waals surface area contributed by atoms with Gasteiger partial charge in [-0.1, -0.05) is 18.2 Å². The molecule has 0 fully saturated rings. The third-order valence-electron chi connectivity index (χ3n) is 2.68. The molecular formula is C15H13F3N2O2. The molecule has 0 radical (unpaired) electrons. The van der Waals surface area contributed by atoms with Gasteiger partial charge in [-0.2, -0.15) is 13.2 Å². The molecule has 1 N–H and O–H groups in total. The van der Waals surface area contributed by atoms with E-state index >= 15 is 0 Å². The number of carbonyl (C=O) groups is 1. The zero-order valence-corrected chi connectivity index (χ0v) is 11.4. The zero-order chi connectivity index (χ0) is 16.0. The van der Waals surface area contributed by atoms with E-state index in [-0.39, 0.29) is 17.9 Å². The van der Waals surface area contributed by atoms with Gasteiger partial charge in [0.2, 0.25) is 0 Å². The van der Waals surface area contributed by atoms with Gasteiger partial charge in [-0.25, -0.2) is 0 Å². The van der Waals surface area contributed by atoms with Crippen LogP contribution < -0.4 is 10.1 Å². The highest BCUT2D eigenvalue weighted by molar-refractivity contribution is 5.96. The van der Waals surface area contributed by atoms with Crippen LogP contribution in [0.25, 0.3) is 0 Å². The third-order valence-corrected chi connectivity index (χ3v) is 2.68. The Balaban J connectivity index is 2.03. The van der Waals surface area contributed by atoms with Crippen molar-refractivity contribution in [3.63, 3.8) is 0 Å². The molecule has 116 valence electrons. The summed E-state index contributed by atoms with van der Waals surface area (Å²) in [7, 11) is 0. The predicted molar refractivity (Wildman–Crippen MR) is 73.4 cm³/mol. The van der Waals surface area contributed by atoms with Gasteiger partial charge in [-0.05, 0) is 24.3 Å². The quantitative estimate of drug-likeness (QED) is 0.924. The summed E-state index contributed by atoms with van der Waals surface area (Å²) in [4.78, 5) is 16.1. The minimum Gasteiger partial charge on any atom is -0.483 e. The number of nitrogens with one attached hydrogen (secondary N) is 1. The van der Waals surface area contributed by atoms with Crippen LogP contribution in [0, 0.1) is 0 Å². The molecule has 1 aromatic heterocycles. The van der Waals surface area contributed by atoms with Crippen LogP contribution in [0.4, 0.5) is 13.2 Å². The molecule has 7 heteroatoms. The molecule has 0 aliphatic heterocycles. The summed E-state index contributed by atoms with van der Waals surface area (Å²) in [6, 6.07) is 11.0. The van der Waals surface area contributed by atoms with Gasteiger partial charge in [-0.3, -0.25) is 9.78 Å². The zero-order valence-electron chi connectivity index (χ0n) is 11.4. The van der Waals surface area contributed by atoms with Crippen LogP contribution in [-0.2, 0) is 6.54 Å². The monoisotopic (exact) mass is 310 g/mol. The molecule has 0 saturated carbocycles. The van der Waals surface area contributed by atoms with E-state index in [0.717, 1.165) is 0 Å². The molecule has 0 aliphatic carbocycles. The van der Waals surface area contributed by atoms with Gasteiger partial charge in [0.05, 0.1) is 17.8 Å². The first-order chi connectivity index (χ1) is 10.5. The molecule has 1 aromatic carbocycles. The third kappa shape index (κ3) is 4.76. The van der Waals surface area contributed by atoms with Gasteiger partial charge in [0.1, 0.15) is 5.75 Å². The van der Waals surface area contributed by atoms with E-state index < -0.39 is 18.7 Å². The molecule has 0 spiro atoms. The number of carbonyl (C=O) groups excluding carboxylic acids is 1. The number of alkyl halides is 3. The molecule has 0 saturated heterocycles. The molecular weight excluding hydrogens is 297 g/mol.